The van der Waals surface area contributed by atoms with Crippen LogP contribution in [0.1, 0.15) is 58.3 Å². The molecule has 2 aliphatic heterocycles. The largest absolute Gasteiger partial charge is 0.356 e. The van der Waals surface area contributed by atoms with Gasteiger partial charge in [-0.2, -0.15) is 0 Å². The lowest BCUT2D eigenvalue weighted by molar-refractivity contribution is -0.126. The molecule has 0 radical (unpaired) electrons. The Kier molecular flexibility index (Phi) is 9.08. The van der Waals surface area contributed by atoms with E-state index in [-0.39, 0.29) is 17.9 Å². The maximum absolute atomic E-state index is 12.3. The first-order chi connectivity index (χ1) is 12.2. The highest BCUT2D eigenvalue weighted by molar-refractivity contribution is 5.79. The quantitative estimate of drug-likeness (QED) is 0.625. The van der Waals surface area contributed by atoms with Crippen molar-refractivity contribution in [1.29, 1.82) is 0 Å². The highest BCUT2D eigenvalue weighted by Gasteiger charge is 2.26. The number of hydrogen-bond donors (Lipinski definition) is 2. The fourth-order valence-corrected chi connectivity index (χ4v) is 3.69. The summed E-state index contributed by atoms with van der Waals surface area (Å²) < 4.78 is 0. The van der Waals surface area contributed by atoms with E-state index in [4.69, 9.17) is 0 Å². The molecule has 2 N–H and O–H groups in total. The lowest BCUT2D eigenvalue weighted by Crippen LogP contribution is -2.47. The molecule has 0 unspecified atom stereocenters. The van der Waals surface area contributed by atoms with Crippen LogP contribution in [0.3, 0.4) is 0 Å². The monoisotopic (exact) mass is 352 g/mol. The number of nitrogens with zero attached hydrogens (tertiary/aromatic N) is 2. The first-order valence-corrected chi connectivity index (χ1v) is 10.2. The van der Waals surface area contributed by atoms with Gasteiger partial charge < -0.3 is 20.4 Å². The van der Waals surface area contributed by atoms with E-state index in [1.807, 2.05) is 4.90 Å². The number of likely N-dealkylation sites (tertiary alicyclic amines) is 2. The third-order valence-corrected chi connectivity index (χ3v) is 5.36. The van der Waals surface area contributed by atoms with Crippen molar-refractivity contribution >= 4 is 11.9 Å². The summed E-state index contributed by atoms with van der Waals surface area (Å²) in [4.78, 5) is 28.7. The summed E-state index contributed by atoms with van der Waals surface area (Å²) in [6.07, 6.45) is 8.58. The Hall–Kier alpha value is -1.30. The van der Waals surface area contributed by atoms with Crippen LogP contribution in [0.15, 0.2) is 0 Å². The third-order valence-electron chi connectivity index (χ3n) is 5.36. The zero-order valence-electron chi connectivity index (χ0n) is 15.9. The molecule has 6 nitrogen and oxygen atoms in total. The number of rotatable bonds is 9. The molecule has 2 saturated heterocycles. The molecular formula is C19H36N4O2. The average molecular weight is 353 g/mol. The van der Waals surface area contributed by atoms with E-state index < -0.39 is 0 Å². The Balaban J connectivity index is 1.54. The molecule has 0 aromatic heterocycles. The minimum absolute atomic E-state index is 0.0283. The second-order valence-electron chi connectivity index (χ2n) is 7.39. The Labute approximate surface area is 152 Å². The van der Waals surface area contributed by atoms with E-state index in [0.717, 1.165) is 58.2 Å². The Morgan fingerprint density at radius 1 is 0.920 bits per heavy atom. The molecule has 2 fully saturated rings. The topological polar surface area (TPSA) is 64.7 Å². The first kappa shape index (κ1) is 20.0. The molecule has 0 aromatic carbocycles. The van der Waals surface area contributed by atoms with Gasteiger partial charge >= 0.3 is 6.03 Å². The molecule has 0 bridgehead atoms. The minimum Gasteiger partial charge on any atom is -0.356 e. The van der Waals surface area contributed by atoms with Crippen LogP contribution in [0.4, 0.5) is 4.79 Å². The molecule has 2 heterocycles. The molecule has 0 aromatic rings. The molecule has 6 heteroatoms. The number of amides is 3. The summed E-state index contributed by atoms with van der Waals surface area (Å²) in [5, 5.41) is 6.07. The lowest BCUT2D eigenvalue weighted by Gasteiger charge is -2.31. The number of urea groups is 1. The maximum Gasteiger partial charge on any atom is 0.317 e. The van der Waals surface area contributed by atoms with Crippen molar-refractivity contribution in [3.8, 4) is 0 Å². The molecule has 0 saturated carbocycles. The SMILES string of the molecule is CCCCCNC(=O)N1CCC(C(=O)NCCCN2CCCC2)CC1. The van der Waals surface area contributed by atoms with Gasteiger partial charge in [0.25, 0.3) is 0 Å². The molecule has 3 amide bonds. The number of carbonyl (C=O) groups excluding carboxylic acids is 2. The second-order valence-corrected chi connectivity index (χ2v) is 7.39. The summed E-state index contributed by atoms with van der Waals surface area (Å²) in [5.41, 5.74) is 0. The zero-order valence-corrected chi connectivity index (χ0v) is 15.9. The van der Waals surface area contributed by atoms with Crippen LogP contribution in [0.5, 0.6) is 0 Å². The van der Waals surface area contributed by atoms with Gasteiger partial charge in [0.05, 0.1) is 0 Å². The van der Waals surface area contributed by atoms with Gasteiger partial charge in [-0.25, -0.2) is 4.79 Å². The van der Waals surface area contributed by atoms with Crippen LogP contribution in [0, 0.1) is 5.92 Å². The van der Waals surface area contributed by atoms with Crippen molar-refractivity contribution in [2.24, 2.45) is 5.92 Å². The van der Waals surface area contributed by atoms with Gasteiger partial charge in [0.1, 0.15) is 0 Å². The Morgan fingerprint density at radius 2 is 1.60 bits per heavy atom. The van der Waals surface area contributed by atoms with E-state index in [0.29, 0.717) is 13.1 Å². The highest BCUT2D eigenvalue weighted by Crippen LogP contribution is 2.17. The van der Waals surface area contributed by atoms with Crippen LogP contribution < -0.4 is 10.6 Å². The van der Waals surface area contributed by atoms with Crippen LogP contribution in [-0.4, -0.2) is 67.6 Å². The normalized spacial score (nSPS) is 19.2. The highest BCUT2D eigenvalue weighted by atomic mass is 16.2. The minimum atomic E-state index is 0.0283. The van der Waals surface area contributed by atoms with Crippen molar-refractivity contribution in [1.82, 2.24) is 20.4 Å². The number of hydrogen-bond acceptors (Lipinski definition) is 3. The molecule has 25 heavy (non-hydrogen) atoms. The maximum atomic E-state index is 12.3. The third kappa shape index (κ3) is 7.22. The summed E-state index contributed by atoms with van der Waals surface area (Å²) in [7, 11) is 0. The van der Waals surface area contributed by atoms with Crippen molar-refractivity contribution < 1.29 is 9.59 Å². The molecular weight excluding hydrogens is 316 g/mol. The van der Waals surface area contributed by atoms with Gasteiger partial charge in [0.15, 0.2) is 0 Å². The molecule has 2 rings (SSSR count). The molecule has 144 valence electrons. The Bertz CT molecular complexity index is 402. The fraction of sp³-hybridized carbons (Fsp3) is 0.895. The number of unbranched alkanes of at least 4 members (excludes halogenated alkanes) is 2. The number of piperidine rings is 1. The first-order valence-electron chi connectivity index (χ1n) is 10.2. The van der Waals surface area contributed by atoms with Gasteiger partial charge in [0.2, 0.25) is 5.91 Å². The van der Waals surface area contributed by atoms with Crippen LogP contribution >= 0.6 is 0 Å². The number of carbonyl (C=O) groups is 2. The predicted molar refractivity (Wildman–Crippen MR) is 101 cm³/mol. The van der Waals surface area contributed by atoms with E-state index in [1.165, 1.54) is 25.9 Å². The summed E-state index contributed by atoms with van der Waals surface area (Å²) >= 11 is 0. The van der Waals surface area contributed by atoms with E-state index in [9.17, 15) is 9.59 Å². The van der Waals surface area contributed by atoms with Gasteiger partial charge in [-0.05, 0) is 58.2 Å². The second kappa shape index (κ2) is 11.3. The van der Waals surface area contributed by atoms with Crippen molar-refractivity contribution in [2.75, 3.05) is 45.8 Å². The van der Waals surface area contributed by atoms with Gasteiger partial charge in [-0.15, -0.1) is 0 Å². The number of nitrogens with one attached hydrogen (secondary N) is 2. The standard InChI is InChI=1S/C19H36N4O2/c1-2-3-4-10-21-19(25)23-15-8-17(9-16-23)18(24)20-11-7-14-22-12-5-6-13-22/h17H,2-16H2,1H3,(H,20,24)(H,21,25). The summed E-state index contributed by atoms with van der Waals surface area (Å²) in [6, 6.07) is 0.0283. The van der Waals surface area contributed by atoms with Crippen LogP contribution in [0.2, 0.25) is 0 Å². The average Bonchev–Trinajstić information content (AvgIpc) is 3.15. The Morgan fingerprint density at radius 3 is 2.28 bits per heavy atom. The van der Waals surface area contributed by atoms with Crippen molar-refractivity contribution in [3.05, 3.63) is 0 Å². The van der Waals surface area contributed by atoms with E-state index in [2.05, 4.69) is 22.5 Å². The molecule has 0 spiro atoms. The summed E-state index contributed by atoms with van der Waals surface area (Å²) in [5.74, 6) is 0.236. The van der Waals surface area contributed by atoms with Crippen molar-refractivity contribution in [2.45, 2.75) is 58.3 Å². The van der Waals surface area contributed by atoms with Crippen molar-refractivity contribution in [3.63, 3.8) is 0 Å². The molecule has 0 atom stereocenters. The van der Waals surface area contributed by atoms with Gasteiger partial charge in [0, 0.05) is 32.1 Å². The fourth-order valence-electron chi connectivity index (χ4n) is 3.69. The van der Waals surface area contributed by atoms with E-state index in [1.54, 1.807) is 0 Å². The van der Waals surface area contributed by atoms with Gasteiger partial charge in [-0.3, -0.25) is 4.79 Å². The van der Waals surface area contributed by atoms with Gasteiger partial charge in [-0.1, -0.05) is 19.8 Å². The lowest BCUT2D eigenvalue weighted by atomic mass is 9.96. The van der Waals surface area contributed by atoms with E-state index >= 15 is 0 Å². The van der Waals surface area contributed by atoms with Crippen LogP contribution in [-0.2, 0) is 4.79 Å². The molecule has 2 aliphatic rings. The van der Waals surface area contributed by atoms with Crippen LogP contribution in [0.25, 0.3) is 0 Å². The smallest absolute Gasteiger partial charge is 0.317 e. The summed E-state index contributed by atoms with van der Waals surface area (Å²) in [6.45, 7) is 8.58. The predicted octanol–water partition coefficient (Wildman–Crippen LogP) is 2.20. The molecule has 0 aliphatic carbocycles. The zero-order chi connectivity index (χ0) is 17.9.